The molecule has 0 radical (unpaired) electrons. The zero-order valence-corrected chi connectivity index (χ0v) is 17.9. The molecule has 1 aromatic carbocycles. The van der Waals surface area contributed by atoms with Crippen LogP contribution in [0.2, 0.25) is 0 Å². The molecule has 2 heterocycles. The van der Waals surface area contributed by atoms with Crippen molar-refractivity contribution in [2.24, 2.45) is 12.0 Å². The van der Waals surface area contributed by atoms with E-state index in [1.807, 2.05) is 38.6 Å². The van der Waals surface area contributed by atoms with Crippen LogP contribution in [-0.2, 0) is 20.1 Å². The fourth-order valence-corrected chi connectivity index (χ4v) is 3.43. The summed E-state index contributed by atoms with van der Waals surface area (Å²) in [7, 11) is 3.99. The first-order valence-electron chi connectivity index (χ1n) is 9.27. The van der Waals surface area contributed by atoms with Gasteiger partial charge in [-0.1, -0.05) is 30.3 Å². The maximum absolute atomic E-state index is 4.82. The largest absolute Gasteiger partial charge is 0.350 e. The maximum Gasteiger partial charge on any atom is 0.194 e. The van der Waals surface area contributed by atoms with Gasteiger partial charge in [0.1, 0.15) is 12.4 Å². The van der Waals surface area contributed by atoms with E-state index >= 15 is 0 Å². The lowest BCUT2D eigenvalue weighted by atomic mass is 10.1. The van der Waals surface area contributed by atoms with E-state index in [2.05, 4.69) is 62.0 Å². The second-order valence-electron chi connectivity index (χ2n) is 6.85. The molecule has 0 saturated carbocycles. The van der Waals surface area contributed by atoms with Gasteiger partial charge in [-0.25, -0.2) is 9.98 Å². The van der Waals surface area contributed by atoms with Gasteiger partial charge in [0.25, 0.3) is 0 Å². The summed E-state index contributed by atoms with van der Waals surface area (Å²) in [4.78, 5) is 11.5. The van der Waals surface area contributed by atoms with E-state index in [1.54, 1.807) is 11.3 Å². The summed E-state index contributed by atoms with van der Waals surface area (Å²) in [5, 5.41) is 15.1. The molecule has 0 saturated heterocycles. The Morgan fingerprint density at radius 3 is 2.61 bits per heavy atom. The van der Waals surface area contributed by atoms with E-state index < -0.39 is 0 Å². The lowest BCUT2D eigenvalue weighted by Gasteiger charge is -2.25. The Balaban J connectivity index is 1.79. The Bertz CT molecular complexity index is 929. The summed E-state index contributed by atoms with van der Waals surface area (Å²) in [5.74, 6) is 2.52. The second kappa shape index (κ2) is 8.97. The third-order valence-electron chi connectivity index (χ3n) is 4.63. The van der Waals surface area contributed by atoms with Crippen molar-refractivity contribution in [2.75, 3.05) is 7.05 Å². The van der Waals surface area contributed by atoms with Crippen molar-refractivity contribution in [1.29, 1.82) is 0 Å². The molecule has 1 atom stereocenters. The fraction of sp³-hybridized carbons (Fsp3) is 0.400. The van der Waals surface area contributed by atoms with Gasteiger partial charge in [0, 0.05) is 19.5 Å². The Hall–Kier alpha value is -2.74. The number of nitrogens with zero attached hydrogens (tertiary/aromatic N) is 6. The van der Waals surface area contributed by atoms with Crippen molar-refractivity contribution >= 4 is 17.3 Å². The van der Waals surface area contributed by atoms with Crippen molar-refractivity contribution in [2.45, 2.75) is 39.9 Å². The third kappa shape index (κ3) is 4.95. The summed E-state index contributed by atoms with van der Waals surface area (Å²) in [5.41, 5.74) is 2.25. The van der Waals surface area contributed by atoms with Crippen molar-refractivity contribution in [3.8, 4) is 0 Å². The van der Waals surface area contributed by atoms with Gasteiger partial charge in [-0.05, 0) is 26.3 Å². The molecule has 148 valence electrons. The number of aryl methyl sites for hydroxylation is 2. The molecule has 0 bridgehead atoms. The zero-order chi connectivity index (χ0) is 20.1. The van der Waals surface area contributed by atoms with Crippen LogP contribution in [0.25, 0.3) is 0 Å². The maximum atomic E-state index is 4.82. The molecule has 8 heteroatoms. The summed E-state index contributed by atoms with van der Waals surface area (Å²) in [6, 6.07) is 10.5. The standard InChI is InChI=1S/C20H27N7S/c1-14(17-9-7-6-8-10-17)22-20(21-11-19-25-24-15(2)27(19)5)26(4)12-18-13-28-16(3)23-18/h6-10,13-14H,11-12H2,1-5H3,(H,21,22). The molecule has 7 nitrogen and oxygen atoms in total. The van der Waals surface area contributed by atoms with Crippen LogP contribution < -0.4 is 5.32 Å². The van der Waals surface area contributed by atoms with Crippen LogP contribution in [0.3, 0.4) is 0 Å². The van der Waals surface area contributed by atoms with Crippen LogP contribution in [-0.4, -0.2) is 37.7 Å². The fourth-order valence-electron chi connectivity index (χ4n) is 2.83. The number of hydrogen-bond acceptors (Lipinski definition) is 5. The zero-order valence-electron chi connectivity index (χ0n) is 17.0. The van der Waals surface area contributed by atoms with Gasteiger partial charge in [-0.15, -0.1) is 21.5 Å². The number of benzene rings is 1. The normalized spacial score (nSPS) is 12.8. The highest BCUT2D eigenvalue weighted by Crippen LogP contribution is 2.14. The second-order valence-corrected chi connectivity index (χ2v) is 7.92. The van der Waals surface area contributed by atoms with E-state index in [1.165, 1.54) is 5.56 Å². The van der Waals surface area contributed by atoms with Crippen LogP contribution in [0, 0.1) is 13.8 Å². The van der Waals surface area contributed by atoms with Crippen LogP contribution in [0.15, 0.2) is 40.7 Å². The molecule has 0 amide bonds. The Morgan fingerprint density at radius 2 is 2.00 bits per heavy atom. The summed E-state index contributed by atoms with van der Waals surface area (Å²) < 4.78 is 1.96. The topological polar surface area (TPSA) is 71.2 Å². The van der Waals surface area contributed by atoms with E-state index in [0.717, 1.165) is 28.3 Å². The summed E-state index contributed by atoms with van der Waals surface area (Å²) in [6.07, 6.45) is 0. The SMILES string of the molecule is Cc1nc(CN(C)C(=NCc2nnc(C)n2C)NC(C)c2ccccc2)cs1. The van der Waals surface area contributed by atoms with Gasteiger partial charge >= 0.3 is 0 Å². The highest BCUT2D eigenvalue weighted by atomic mass is 32.1. The van der Waals surface area contributed by atoms with Crippen LogP contribution in [0.5, 0.6) is 0 Å². The molecule has 3 rings (SSSR count). The van der Waals surface area contributed by atoms with Crippen molar-refractivity contribution in [3.05, 3.63) is 63.6 Å². The molecule has 0 spiro atoms. The van der Waals surface area contributed by atoms with Crippen molar-refractivity contribution in [3.63, 3.8) is 0 Å². The van der Waals surface area contributed by atoms with Crippen molar-refractivity contribution < 1.29 is 0 Å². The lowest BCUT2D eigenvalue weighted by Crippen LogP contribution is -2.40. The molecule has 0 aliphatic carbocycles. The molecule has 3 aromatic rings. The molecule has 1 N–H and O–H groups in total. The van der Waals surface area contributed by atoms with Crippen LogP contribution >= 0.6 is 11.3 Å². The predicted octanol–water partition coefficient (Wildman–Crippen LogP) is 3.23. The van der Waals surface area contributed by atoms with E-state index in [0.29, 0.717) is 13.1 Å². The van der Waals surface area contributed by atoms with Gasteiger partial charge in [0.15, 0.2) is 11.8 Å². The first-order valence-corrected chi connectivity index (χ1v) is 10.1. The molecule has 1 unspecified atom stereocenters. The van der Waals surface area contributed by atoms with Crippen LogP contribution in [0.1, 0.15) is 40.9 Å². The molecular formula is C20H27N7S. The van der Waals surface area contributed by atoms with E-state index in [9.17, 15) is 0 Å². The van der Waals surface area contributed by atoms with Gasteiger partial charge in [0.05, 0.1) is 23.3 Å². The highest BCUT2D eigenvalue weighted by molar-refractivity contribution is 7.09. The number of rotatable bonds is 6. The molecule has 28 heavy (non-hydrogen) atoms. The van der Waals surface area contributed by atoms with Gasteiger partial charge < -0.3 is 14.8 Å². The quantitative estimate of drug-likeness (QED) is 0.511. The number of aliphatic imine (C=N–C) groups is 1. The van der Waals surface area contributed by atoms with Crippen LogP contribution in [0.4, 0.5) is 0 Å². The Kier molecular flexibility index (Phi) is 6.41. The Morgan fingerprint density at radius 1 is 1.25 bits per heavy atom. The molecular weight excluding hydrogens is 370 g/mol. The lowest BCUT2D eigenvalue weighted by molar-refractivity contribution is 0.458. The Labute approximate surface area is 170 Å². The smallest absolute Gasteiger partial charge is 0.194 e. The summed E-state index contributed by atoms with van der Waals surface area (Å²) >= 11 is 1.66. The first kappa shape index (κ1) is 20.0. The first-order chi connectivity index (χ1) is 13.4. The van der Waals surface area contributed by atoms with E-state index in [4.69, 9.17) is 4.99 Å². The van der Waals surface area contributed by atoms with Gasteiger partial charge in [-0.2, -0.15) is 0 Å². The molecule has 2 aromatic heterocycles. The average Bonchev–Trinajstić information content (AvgIpc) is 3.24. The number of thiazole rings is 1. The number of hydrogen-bond donors (Lipinski definition) is 1. The van der Waals surface area contributed by atoms with Crippen molar-refractivity contribution in [1.82, 2.24) is 30.0 Å². The third-order valence-corrected chi connectivity index (χ3v) is 5.45. The minimum atomic E-state index is 0.126. The molecule has 0 aliphatic heterocycles. The van der Waals surface area contributed by atoms with E-state index in [-0.39, 0.29) is 6.04 Å². The number of guanidine groups is 1. The number of nitrogens with one attached hydrogen (secondary N) is 1. The van der Waals surface area contributed by atoms with Gasteiger partial charge in [0.2, 0.25) is 0 Å². The minimum absolute atomic E-state index is 0.126. The predicted molar refractivity (Wildman–Crippen MR) is 113 cm³/mol. The molecule has 0 aliphatic rings. The minimum Gasteiger partial charge on any atom is -0.350 e. The molecule has 0 fully saturated rings. The monoisotopic (exact) mass is 397 g/mol. The van der Waals surface area contributed by atoms with Gasteiger partial charge in [-0.3, -0.25) is 0 Å². The average molecular weight is 398 g/mol. The number of aromatic nitrogens is 4. The highest BCUT2D eigenvalue weighted by Gasteiger charge is 2.14. The summed E-state index contributed by atoms with van der Waals surface area (Å²) in [6.45, 7) is 7.25.